The summed E-state index contributed by atoms with van der Waals surface area (Å²) in [6.45, 7) is 2.41. The molecular weight excluding hydrogens is 250 g/mol. The number of rotatable bonds is 2. The first kappa shape index (κ1) is 12.1. The molecule has 2 unspecified atom stereocenters. The van der Waals surface area contributed by atoms with Crippen LogP contribution < -0.4 is 10.6 Å². The zero-order chi connectivity index (χ0) is 13.5. The number of aromatic nitrogens is 1. The van der Waals surface area contributed by atoms with Crippen LogP contribution >= 0.6 is 0 Å². The predicted octanol–water partition coefficient (Wildman–Crippen LogP) is 2.06. The lowest BCUT2D eigenvalue weighted by Gasteiger charge is -2.34. The first-order chi connectivity index (χ1) is 9.83. The summed E-state index contributed by atoms with van der Waals surface area (Å²) in [4.78, 5) is 7.22. The number of para-hydroxylation sites is 1. The Labute approximate surface area is 118 Å². The molecule has 0 radical (unpaired) electrons. The van der Waals surface area contributed by atoms with Gasteiger partial charge < -0.3 is 15.4 Å². The van der Waals surface area contributed by atoms with Gasteiger partial charge in [-0.25, -0.2) is 4.98 Å². The molecule has 0 saturated carbocycles. The van der Waals surface area contributed by atoms with Crippen molar-refractivity contribution in [2.45, 2.75) is 31.6 Å². The molecule has 0 amide bonds. The Balaban J connectivity index is 1.77. The first-order valence-corrected chi connectivity index (χ1v) is 7.32. The standard InChI is InChI=1S/C16H19N3O/c17-8-12-7-11-3-1-2-4-15(11)18-16(12)19-9-13-5-6-14(10-19)20-13/h1-4,7,13-14H,5-6,8-10,17H2. The van der Waals surface area contributed by atoms with Crippen LogP contribution in [0.4, 0.5) is 5.82 Å². The molecule has 20 heavy (non-hydrogen) atoms. The van der Waals surface area contributed by atoms with Crippen molar-refractivity contribution in [1.29, 1.82) is 0 Å². The highest BCUT2D eigenvalue weighted by atomic mass is 16.5. The number of anilines is 1. The van der Waals surface area contributed by atoms with Gasteiger partial charge >= 0.3 is 0 Å². The summed E-state index contributed by atoms with van der Waals surface area (Å²) >= 11 is 0. The van der Waals surface area contributed by atoms with Gasteiger partial charge in [-0.15, -0.1) is 0 Å². The molecule has 1 aromatic carbocycles. The Morgan fingerprint density at radius 3 is 2.70 bits per heavy atom. The van der Waals surface area contributed by atoms with Crippen molar-refractivity contribution in [3.8, 4) is 0 Å². The zero-order valence-electron chi connectivity index (χ0n) is 11.5. The Morgan fingerprint density at radius 1 is 1.20 bits per heavy atom. The Kier molecular flexibility index (Phi) is 2.86. The normalized spacial score (nSPS) is 25.4. The van der Waals surface area contributed by atoms with Crippen LogP contribution in [-0.4, -0.2) is 30.3 Å². The van der Waals surface area contributed by atoms with Crippen molar-refractivity contribution in [2.75, 3.05) is 18.0 Å². The molecule has 2 N–H and O–H groups in total. The summed E-state index contributed by atoms with van der Waals surface area (Å²) in [5.74, 6) is 1.05. The van der Waals surface area contributed by atoms with Crippen LogP contribution in [0.1, 0.15) is 18.4 Å². The van der Waals surface area contributed by atoms with E-state index in [2.05, 4.69) is 23.1 Å². The predicted molar refractivity (Wildman–Crippen MR) is 79.7 cm³/mol. The molecule has 2 bridgehead atoms. The molecule has 0 spiro atoms. The van der Waals surface area contributed by atoms with E-state index in [1.807, 2.05) is 12.1 Å². The third-order valence-corrected chi connectivity index (χ3v) is 4.34. The summed E-state index contributed by atoms with van der Waals surface area (Å²) in [6, 6.07) is 10.4. The molecule has 4 heteroatoms. The molecule has 1 aromatic heterocycles. The van der Waals surface area contributed by atoms with Gasteiger partial charge in [-0.05, 0) is 25.0 Å². The lowest BCUT2D eigenvalue weighted by atomic mass is 10.1. The average molecular weight is 269 g/mol. The number of nitrogens with zero attached hydrogens (tertiary/aromatic N) is 2. The fraction of sp³-hybridized carbons (Fsp3) is 0.438. The fourth-order valence-electron chi connectivity index (χ4n) is 3.36. The molecule has 2 aromatic rings. The number of morpholine rings is 1. The number of fused-ring (bicyclic) bond motifs is 3. The van der Waals surface area contributed by atoms with E-state index in [-0.39, 0.29) is 0 Å². The summed E-state index contributed by atoms with van der Waals surface area (Å²) in [5.41, 5.74) is 8.11. The summed E-state index contributed by atoms with van der Waals surface area (Å²) in [7, 11) is 0. The molecule has 2 atom stereocenters. The lowest BCUT2D eigenvalue weighted by Crippen LogP contribution is -2.43. The Morgan fingerprint density at radius 2 is 1.95 bits per heavy atom. The van der Waals surface area contributed by atoms with E-state index >= 15 is 0 Å². The minimum atomic E-state index is 0.368. The van der Waals surface area contributed by atoms with Crippen LogP contribution in [0.5, 0.6) is 0 Å². The van der Waals surface area contributed by atoms with E-state index < -0.39 is 0 Å². The second kappa shape index (κ2) is 4.72. The minimum absolute atomic E-state index is 0.368. The van der Waals surface area contributed by atoms with Crippen molar-refractivity contribution in [3.05, 3.63) is 35.9 Å². The second-order valence-electron chi connectivity index (χ2n) is 5.73. The summed E-state index contributed by atoms with van der Waals surface area (Å²) in [5, 5.41) is 1.16. The largest absolute Gasteiger partial charge is 0.371 e. The monoisotopic (exact) mass is 269 g/mol. The van der Waals surface area contributed by atoms with E-state index in [4.69, 9.17) is 15.5 Å². The van der Waals surface area contributed by atoms with Gasteiger partial charge in [-0.3, -0.25) is 0 Å². The zero-order valence-corrected chi connectivity index (χ0v) is 11.5. The van der Waals surface area contributed by atoms with E-state index in [1.54, 1.807) is 0 Å². The van der Waals surface area contributed by atoms with Gasteiger partial charge in [0.1, 0.15) is 5.82 Å². The van der Waals surface area contributed by atoms with Crippen LogP contribution in [0.3, 0.4) is 0 Å². The molecule has 2 aliphatic rings. The SMILES string of the molecule is NCc1cc2ccccc2nc1N1CC2CCC(C1)O2. The van der Waals surface area contributed by atoms with Crippen LogP contribution in [-0.2, 0) is 11.3 Å². The maximum Gasteiger partial charge on any atom is 0.133 e. The Hall–Kier alpha value is -1.65. The summed E-state index contributed by atoms with van der Waals surface area (Å²) in [6.07, 6.45) is 3.08. The van der Waals surface area contributed by atoms with E-state index in [9.17, 15) is 0 Å². The number of hydrogen-bond donors (Lipinski definition) is 1. The highest BCUT2D eigenvalue weighted by Gasteiger charge is 2.34. The number of benzene rings is 1. The number of ether oxygens (including phenoxy) is 1. The van der Waals surface area contributed by atoms with Gasteiger partial charge in [-0.2, -0.15) is 0 Å². The maximum absolute atomic E-state index is 5.94. The van der Waals surface area contributed by atoms with Crippen molar-refractivity contribution < 1.29 is 4.74 Å². The lowest BCUT2D eigenvalue weighted by molar-refractivity contribution is 0.0302. The fourth-order valence-corrected chi connectivity index (χ4v) is 3.36. The summed E-state index contributed by atoms with van der Waals surface area (Å²) < 4.78 is 5.91. The van der Waals surface area contributed by atoms with Crippen molar-refractivity contribution in [1.82, 2.24) is 4.98 Å². The molecule has 2 aliphatic heterocycles. The maximum atomic E-state index is 5.94. The average Bonchev–Trinajstić information content (AvgIpc) is 2.84. The quantitative estimate of drug-likeness (QED) is 0.906. The number of pyridine rings is 1. The minimum Gasteiger partial charge on any atom is -0.371 e. The van der Waals surface area contributed by atoms with Gasteiger partial charge in [0, 0.05) is 30.6 Å². The van der Waals surface area contributed by atoms with Crippen LogP contribution in [0, 0.1) is 0 Å². The van der Waals surface area contributed by atoms with Crippen LogP contribution in [0.2, 0.25) is 0 Å². The highest BCUT2D eigenvalue weighted by molar-refractivity contribution is 5.81. The molecular formula is C16H19N3O. The molecule has 0 aliphatic carbocycles. The third-order valence-electron chi connectivity index (χ3n) is 4.34. The molecule has 4 rings (SSSR count). The molecule has 2 fully saturated rings. The molecule has 3 heterocycles. The van der Waals surface area contributed by atoms with E-state index in [0.29, 0.717) is 18.8 Å². The molecule has 104 valence electrons. The van der Waals surface area contributed by atoms with Gasteiger partial charge in [0.25, 0.3) is 0 Å². The van der Waals surface area contributed by atoms with E-state index in [1.165, 1.54) is 12.8 Å². The van der Waals surface area contributed by atoms with Crippen molar-refractivity contribution >= 4 is 16.7 Å². The van der Waals surface area contributed by atoms with Gasteiger partial charge in [0.05, 0.1) is 17.7 Å². The van der Waals surface area contributed by atoms with Crippen molar-refractivity contribution in [2.24, 2.45) is 5.73 Å². The van der Waals surface area contributed by atoms with Gasteiger partial charge in [0.2, 0.25) is 0 Å². The second-order valence-corrected chi connectivity index (χ2v) is 5.73. The third kappa shape index (κ3) is 1.96. The number of hydrogen-bond acceptors (Lipinski definition) is 4. The molecule has 2 saturated heterocycles. The van der Waals surface area contributed by atoms with Gasteiger partial charge in [0.15, 0.2) is 0 Å². The van der Waals surface area contributed by atoms with E-state index in [0.717, 1.165) is 35.4 Å². The number of nitrogens with two attached hydrogens (primary N) is 1. The van der Waals surface area contributed by atoms with Crippen LogP contribution in [0.25, 0.3) is 10.9 Å². The topological polar surface area (TPSA) is 51.4 Å². The van der Waals surface area contributed by atoms with Crippen molar-refractivity contribution in [3.63, 3.8) is 0 Å². The smallest absolute Gasteiger partial charge is 0.133 e. The highest BCUT2D eigenvalue weighted by Crippen LogP contribution is 2.31. The molecule has 4 nitrogen and oxygen atoms in total. The first-order valence-electron chi connectivity index (χ1n) is 7.32. The Bertz CT molecular complexity index is 631. The van der Waals surface area contributed by atoms with Gasteiger partial charge in [-0.1, -0.05) is 18.2 Å². The van der Waals surface area contributed by atoms with Crippen LogP contribution in [0.15, 0.2) is 30.3 Å².